The van der Waals surface area contributed by atoms with E-state index in [1.807, 2.05) is 16.8 Å². The molecule has 31 heavy (non-hydrogen) atoms. The standard InChI is InChI=1S/C27H37N3O/c1-17-5-7-19-18(14-17)6-8-21-20(19)11-12-27(2)22(21)9-10-23(27)26(31)16-30-25-4-3-13-28-24(25)15-29-30/h3-4,13,15,17-23H,5-12,14,16H2,1-2H3. The van der Waals surface area contributed by atoms with Crippen LogP contribution in [0.5, 0.6) is 0 Å². The molecule has 0 N–H and O–H groups in total. The van der Waals surface area contributed by atoms with E-state index < -0.39 is 0 Å². The van der Waals surface area contributed by atoms with Gasteiger partial charge in [0.25, 0.3) is 0 Å². The second-order valence-electron chi connectivity index (χ2n) is 11.7. The summed E-state index contributed by atoms with van der Waals surface area (Å²) in [5.41, 5.74) is 2.06. The molecule has 4 fully saturated rings. The highest BCUT2D eigenvalue weighted by Crippen LogP contribution is 2.64. The molecule has 4 heteroatoms. The lowest BCUT2D eigenvalue weighted by Gasteiger charge is -2.56. The van der Waals surface area contributed by atoms with Crippen molar-refractivity contribution in [2.75, 3.05) is 0 Å². The van der Waals surface area contributed by atoms with Crippen LogP contribution in [0.3, 0.4) is 0 Å². The number of hydrogen-bond donors (Lipinski definition) is 0. The highest BCUT2D eigenvalue weighted by Gasteiger charge is 2.58. The van der Waals surface area contributed by atoms with E-state index in [2.05, 4.69) is 23.9 Å². The SMILES string of the molecule is CC1CCC2C(CCC3C2CCC2(C)C(C(=O)Cn4ncc5ncccc54)CCC32)C1. The molecule has 0 aliphatic heterocycles. The van der Waals surface area contributed by atoms with E-state index in [0.717, 1.165) is 53.0 Å². The lowest BCUT2D eigenvalue weighted by Crippen LogP contribution is -2.49. The van der Waals surface area contributed by atoms with Crippen LogP contribution in [0.1, 0.15) is 71.6 Å². The Kier molecular flexibility index (Phi) is 4.77. The number of nitrogens with zero attached hydrogens (tertiary/aromatic N) is 3. The molecule has 4 saturated carbocycles. The fourth-order valence-electron chi connectivity index (χ4n) is 8.91. The lowest BCUT2D eigenvalue weighted by molar-refractivity contribution is -0.131. The van der Waals surface area contributed by atoms with E-state index in [4.69, 9.17) is 0 Å². The summed E-state index contributed by atoms with van der Waals surface area (Å²) in [6, 6.07) is 3.96. The zero-order chi connectivity index (χ0) is 21.2. The van der Waals surface area contributed by atoms with Crippen LogP contribution in [-0.2, 0) is 11.3 Å². The molecule has 0 saturated heterocycles. The van der Waals surface area contributed by atoms with E-state index in [0.29, 0.717) is 12.3 Å². The van der Waals surface area contributed by atoms with E-state index >= 15 is 0 Å². The Labute approximate surface area is 186 Å². The molecule has 2 aromatic rings. The van der Waals surface area contributed by atoms with Gasteiger partial charge in [-0.15, -0.1) is 0 Å². The molecule has 8 atom stereocenters. The van der Waals surface area contributed by atoms with Gasteiger partial charge < -0.3 is 0 Å². The minimum atomic E-state index is 0.203. The van der Waals surface area contributed by atoms with Crippen molar-refractivity contribution in [3.63, 3.8) is 0 Å². The van der Waals surface area contributed by atoms with Gasteiger partial charge in [0.15, 0.2) is 5.78 Å². The number of aromatic nitrogens is 3. The summed E-state index contributed by atoms with van der Waals surface area (Å²) >= 11 is 0. The van der Waals surface area contributed by atoms with Gasteiger partial charge in [0.1, 0.15) is 12.1 Å². The monoisotopic (exact) mass is 419 g/mol. The summed E-state index contributed by atoms with van der Waals surface area (Å²) in [5.74, 6) is 6.11. The van der Waals surface area contributed by atoms with Crippen LogP contribution in [0.15, 0.2) is 24.5 Å². The zero-order valence-corrected chi connectivity index (χ0v) is 19.2. The molecule has 2 aromatic heterocycles. The minimum Gasteiger partial charge on any atom is -0.297 e. The van der Waals surface area contributed by atoms with Gasteiger partial charge >= 0.3 is 0 Å². The smallest absolute Gasteiger partial charge is 0.157 e. The molecular formula is C27H37N3O. The summed E-state index contributed by atoms with van der Waals surface area (Å²) in [7, 11) is 0. The molecule has 0 bridgehead atoms. The number of rotatable bonds is 3. The maximum atomic E-state index is 13.6. The van der Waals surface area contributed by atoms with E-state index in [-0.39, 0.29) is 11.3 Å². The van der Waals surface area contributed by atoms with Gasteiger partial charge in [-0.25, -0.2) is 0 Å². The summed E-state index contributed by atoms with van der Waals surface area (Å²) < 4.78 is 1.88. The van der Waals surface area contributed by atoms with Crippen molar-refractivity contribution in [1.82, 2.24) is 14.8 Å². The first-order chi connectivity index (χ1) is 15.0. The van der Waals surface area contributed by atoms with Gasteiger partial charge in [0.05, 0.1) is 11.7 Å². The Morgan fingerprint density at radius 3 is 2.87 bits per heavy atom. The third-order valence-electron chi connectivity index (χ3n) is 10.3. The molecule has 0 spiro atoms. The van der Waals surface area contributed by atoms with Crippen LogP contribution in [0.2, 0.25) is 0 Å². The average Bonchev–Trinajstić information content (AvgIpc) is 3.34. The predicted molar refractivity (Wildman–Crippen MR) is 122 cm³/mol. The van der Waals surface area contributed by atoms with Crippen molar-refractivity contribution in [3.8, 4) is 0 Å². The van der Waals surface area contributed by atoms with Gasteiger partial charge in [-0.05, 0) is 104 Å². The number of carbonyl (C=O) groups excluding carboxylic acids is 1. The van der Waals surface area contributed by atoms with E-state index in [1.54, 1.807) is 12.4 Å². The number of ketones is 1. The Morgan fingerprint density at radius 2 is 1.97 bits per heavy atom. The highest BCUT2D eigenvalue weighted by atomic mass is 16.1. The van der Waals surface area contributed by atoms with Gasteiger partial charge in [-0.2, -0.15) is 5.10 Å². The van der Waals surface area contributed by atoms with Crippen molar-refractivity contribution < 1.29 is 4.79 Å². The summed E-state index contributed by atoms with van der Waals surface area (Å²) in [6.07, 6.45) is 15.8. The van der Waals surface area contributed by atoms with E-state index in [1.165, 1.54) is 51.4 Å². The first kappa shape index (κ1) is 19.9. The maximum absolute atomic E-state index is 13.6. The second kappa shape index (κ2) is 7.42. The fraction of sp³-hybridized carbons (Fsp3) is 0.741. The lowest BCUT2D eigenvalue weighted by atomic mass is 9.49. The van der Waals surface area contributed by atoms with Crippen LogP contribution in [0.4, 0.5) is 0 Å². The van der Waals surface area contributed by atoms with Gasteiger partial charge in [-0.1, -0.05) is 20.3 Å². The highest BCUT2D eigenvalue weighted by molar-refractivity contribution is 5.84. The number of Topliss-reactive ketones (excluding diaryl/α,β-unsaturated/α-hetero) is 1. The number of hydrogen-bond acceptors (Lipinski definition) is 3. The van der Waals surface area contributed by atoms with Crippen molar-refractivity contribution in [2.45, 2.75) is 78.2 Å². The van der Waals surface area contributed by atoms with Crippen molar-refractivity contribution in [1.29, 1.82) is 0 Å². The molecule has 2 heterocycles. The van der Waals surface area contributed by atoms with E-state index in [9.17, 15) is 4.79 Å². The molecule has 8 unspecified atom stereocenters. The molecule has 6 rings (SSSR count). The third kappa shape index (κ3) is 3.11. The largest absolute Gasteiger partial charge is 0.297 e. The fourth-order valence-corrected chi connectivity index (χ4v) is 8.91. The number of carbonyl (C=O) groups is 1. The van der Waals surface area contributed by atoms with Crippen LogP contribution in [0, 0.1) is 46.8 Å². The molecule has 0 radical (unpaired) electrons. The van der Waals surface area contributed by atoms with Crippen LogP contribution < -0.4 is 0 Å². The van der Waals surface area contributed by atoms with Crippen LogP contribution in [0.25, 0.3) is 11.0 Å². The van der Waals surface area contributed by atoms with Gasteiger partial charge in [-0.3, -0.25) is 14.5 Å². The second-order valence-corrected chi connectivity index (χ2v) is 11.7. The van der Waals surface area contributed by atoms with Crippen molar-refractivity contribution >= 4 is 16.8 Å². The normalized spacial score (nSPS) is 42.1. The minimum absolute atomic E-state index is 0.203. The van der Waals surface area contributed by atoms with Gasteiger partial charge in [0.2, 0.25) is 0 Å². The Bertz CT molecular complexity index is 982. The third-order valence-corrected chi connectivity index (χ3v) is 10.3. The Balaban J connectivity index is 1.20. The molecule has 4 aliphatic rings. The predicted octanol–water partition coefficient (Wildman–Crippen LogP) is 5.91. The summed E-state index contributed by atoms with van der Waals surface area (Å²) in [4.78, 5) is 17.9. The molecular weight excluding hydrogens is 382 g/mol. The molecule has 0 amide bonds. The maximum Gasteiger partial charge on any atom is 0.157 e. The Hall–Kier alpha value is -1.71. The number of pyridine rings is 1. The molecule has 4 nitrogen and oxygen atoms in total. The topological polar surface area (TPSA) is 47.8 Å². The zero-order valence-electron chi connectivity index (χ0n) is 19.2. The van der Waals surface area contributed by atoms with Crippen LogP contribution >= 0.6 is 0 Å². The summed E-state index contributed by atoms with van der Waals surface area (Å²) in [5, 5.41) is 4.48. The van der Waals surface area contributed by atoms with Crippen molar-refractivity contribution in [3.05, 3.63) is 24.5 Å². The van der Waals surface area contributed by atoms with Gasteiger partial charge in [0, 0.05) is 12.1 Å². The quantitative estimate of drug-likeness (QED) is 0.622. The molecule has 0 aromatic carbocycles. The first-order valence-electron chi connectivity index (χ1n) is 12.8. The first-order valence-corrected chi connectivity index (χ1v) is 12.8. The van der Waals surface area contributed by atoms with Crippen molar-refractivity contribution in [2.24, 2.45) is 46.8 Å². The van der Waals surface area contributed by atoms with Crippen LogP contribution in [-0.4, -0.2) is 20.5 Å². The molecule has 4 aliphatic carbocycles. The molecule has 166 valence electrons. The Morgan fingerprint density at radius 1 is 1.10 bits per heavy atom. The summed E-state index contributed by atoms with van der Waals surface area (Å²) in [6.45, 7) is 5.34. The average molecular weight is 420 g/mol. The number of fused-ring (bicyclic) bond motifs is 6.